The highest BCUT2D eigenvalue weighted by Gasteiger charge is 2.29. The number of fused-ring (bicyclic) bond motifs is 3. The topological polar surface area (TPSA) is 89.2 Å². The minimum absolute atomic E-state index is 0.0218. The molecule has 0 aliphatic heterocycles. The van der Waals surface area contributed by atoms with Crippen LogP contribution in [0.5, 0.6) is 0 Å². The summed E-state index contributed by atoms with van der Waals surface area (Å²) in [5.41, 5.74) is 3.59. The molecule has 0 saturated carbocycles. The summed E-state index contributed by atoms with van der Waals surface area (Å²) in [6, 6.07) is 17.3. The van der Waals surface area contributed by atoms with Gasteiger partial charge in [-0.05, 0) is 55.0 Å². The molecule has 7 nitrogen and oxygen atoms in total. The highest BCUT2D eigenvalue weighted by molar-refractivity contribution is 7.91. The Bertz CT molecular complexity index is 1560. The first-order chi connectivity index (χ1) is 15.4. The Labute approximate surface area is 189 Å². The fourth-order valence-corrected chi connectivity index (χ4v) is 6.11. The highest BCUT2D eigenvalue weighted by Crippen LogP contribution is 2.33. The Morgan fingerprint density at radius 3 is 2.62 bits per heavy atom. The molecule has 1 N–H and O–H groups in total. The second-order valence-electron chi connectivity index (χ2n) is 7.77. The molecule has 0 fully saturated rings. The quantitative estimate of drug-likeness (QED) is 0.396. The van der Waals surface area contributed by atoms with Crippen LogP contribution >= 0.6 is 11.3 Å². The number of aryl methyl sites for hydroxylation is 2. The lowest BCUT2D eigenvalue weighted by molar-refractivity contribution is 0.592. The number of nitrogens with one attached hydrogen (secondary N) is 1. The molecule has 0 radical (unpaired) electrons. The number of nitrogens with zero attached hydrogens (tertiary/aromatic N) is 4. The Morgan fingerprint density at radius 1 is 1.06 bits per heavy atom. The zero-order valence-corrected chi connectivity index (χ0v) is 19.4. The van der Waals surface area contributed by atoms with Crippen molar-refractivity contribution in [3.63, 3.8) is 0 Å². The Hall–Kier alpha value is -3.30. The monoisotopic (exact) mass is 463 g/mol. The molecular formula is C23H21N5O2S2. The largest absolute Gasteiger partial charge is 0.362 e. The smallest absolute Gasteiger partial charge is 0.229 e. The Morgan fingerprint density at radius 2 is 1.84 bits per heavy atom. The lowest BCUT2D eigenvalue weighted by atomic mass is 10.1. The summed E-state index contributed by atoms with van der Waals surface area (Å²) < 4.78 is 29.5. The minimum Gasteiger partial charge on any atom is -0.362 e. The number of hydrogen-bond donors (Lipinski definition) is 1. The fourth-order valence-electron chi connectivity index (χ4n) is 3.73. The highest BCUT2D eigenvalue weighted by atomic mass is 32.2. The minimum atomic E-state index is -3.91. The molecule has 2 aromatic carbocycles. The zero-order valence-electron chi connectivity index (χ0n) is 17.8. The van der Waals surface area contributed by atoms with Crippen molar-refractivity contribution < 1.29 is 8.42 Å². The van der Waals surface area contributed by atoms with Crippen molar-refractivity contribution in [2.24, 2.45) is 0 Å². The van der Waals surface area contributed by atoms with Crippen molar-refractivity contribution in [1.82, 2.24) is 19.8 Å². The SMILES string of the molecule is Cc1ccc(C)c(S(=O)(=O)c2nnn3c2nc(N[C@H](C)c2ccccc2)c2sccc23)c1. The molecule has 0 aliphatic rings. The van der Waals surface area contributed by atoms with Crippen LogP contribution in [-0.2, 0) is 9.84 Å². The van der Waals surface area contributed by atoms with Crippen molar-refractivity contribution >= 4 is 42.9 Å². The van der Waals surface area contributed by atoms with Crippen molar-refractivity contribution in [2.45, 2.75) is 36.7 Å². The van der Waals surface area contributed by atoms with Crippen LogP contribution in [0, 0.1) is 13.8 Å². The maximum absolute atomic E-state index is 13.5. The van der Waals surface area contributed by atoms with E-state index in [-0.39, 0.29) is 21.6 Å². The molecule has 0 unspecified atom stereocenters. The molecule has 3 heterocycles. The number of anilines is 1. The van der Waals surface area contributed by atoms with Crippen molar-refractivity contribution in [2.75, 3.05) is 5.32 Å². The van der Waals surface area contributed by atoms with Gasteiger partial charge in [0, 0.05) is 6.04 Å². The summed E-state index contributed by atoms with van der Waals surface area (Å²) in [7, 11) is -3.91. The van der Waals surface area contributed by atoms with Gasteiger partial charge in [0.05, 0.1) is 15.1 Å². The van der Waals surface area contributed by atoms with E-state index in [2.05, 4.69) is 15.6 Å². The lowest BCUT2D eigenvalue weighted by Crippen LogP contribution is -2.10. The van der Waals surface area contributed by atoms with Gasteiger partial charge < -0.3 is 5.32 Å². The number of benzene rings is 2. The van der Waals surface area contributed by atoms with Gasteiger partial charge in [0.1, 0.15) is 5.82 Å². The van der Waals surface area contributed by atoms with Crippen LogP contribution in [0.2, 0.25) is 0 Å². The summed E-state index contributed by atoms with van der Waals surface area (Å²) in [6.07, 6.45) is 0. The standard InChI is InChI=1S/C23H21N5O2S2/c1-14-9-10-15(2)19(13-14)32(29,30)23-22-25-21(24-16(3)17-7-5-4-6-8-17)20-18(11-12-31-20)28(22)27-26-23/h4-13,16H,1-3H3,(H,24,25)/t16-/m1/s1. The molecular weight excluding hydrogens is 442 g/mol. The number of rotatable bonds is 5. The van der Waals surface area contributed by atoms with Crippen molar-refractivity contribution in [3.8, 4) is 0 Å². The Balaban J connectivity index is 1.68. The molecule has 0 amide bonds. The molecule has 162 valence electrons. The average molecular weight is 464 g/mol. The summed E-state index contributed by atoms with van der Waals surface area (Å²) in [5.74, 6) is 0.610. The average Bonchev–Trinajstić information content (AvgIpc) is 3.43. The molecule has 5 aromatic rings. The number of aromatic nitrogens is 4. The molecule has 9 heteroatoms. The van der Waals surface area contributed by atoms with Gasteiger partial charge >= 0.3 is 0 Å². The second-order valence-corrected chi connectivity index (χ2v) is 10.5. The van der Waals surface area contributed by atoms with E-state index in [1.807, 2.05) is 61.7 Å². The van der Waals surface area contributed by atoms with E-state index in [9.17, 15) is 8.42 Å². The van der Waals surface area contributed by atoms with E-state index in [0.717, 1.165) is 21.3 Å². The second kappa shape index (κ2) is 7.68. The van der Waals surface area contributed by atoms with Crippen molar-refractivity contribution in [1.29, 1.82) is 0 Å². The first-order valence-electron chi connectivity index (χ1n) is 10.1. The van der Waals surface area contributed by atoms with Gasteiger partial charge in [-0.3, -0.25) is 0 Å². The molecule has 0 bridgehead atoms. The number of sulfone groups is 1. The normalized spacial score (nSPS) is 13.0. The van der Waals surface area contributed by atoms with Crippen LogP contribution in [0.4, 0.5) is 5.82 Å². The summed E-state index contributed by atoms with van der Waals surface area (Å²) >= 11 is 1.52. The molecule has 0 spiro atoms. The summed E-state index contributed by atoms with van der Waals surface area (Å²) in [6.45, 7) is 5.68. The van der Waals surface area contributed by atoms with Crippen molar-refractivity contribution in [3.05, 3.63) is 76.7 Å². The van der Waals surface area contributed by atoms with Crippen LogP contribution in [0.25, 0.3) is 15.9 Å². The number of thiophene rings is 1. The van der Waals surface area contributed by atoms with E-state index in [1.165, 1.54) is 15.9 Å². The van der Waals surface area contributed by atoms with Crippen LogP contribution in [0.3, 0.4) is 0 Å². The summed E-state index contributed by atoms with van der Waals surface area (Å²) in [5, 5.41) is 13.4. The van der Waals surface area contributed by atoms with E-state index < -0.39 is 9.84 Å². The van der Waals surface area contributed by atoms with Gasteiger partial charge in [-0.2, -0.15) is 4.52 Å². The van der Waals surface area contributed by atoms with Crippen LogP contribution in [0.1, 0.15) is 29.7 Å². The number of hydrogen-bond acceptors (Lipinski definition) is 7. The van der Waals surface area contributed by atoms with Crippen LogP contribution < -0.4 is 5.32 Å². The van der Waals surface area contributed by atoms with E-state index in [0.29, 0.717) is 11.4 Å². The molecule has 5 rings (SSSR count). The lowest BCUT2D eigenvalue weighted by Gasteiger charge is -2.16. The predicted molar refractivity (Wildman–Crippen MR) is 126 cm³/mol. The fraction of sp³-hybridized carbons (Fsp3) is 0.174. The first kappa shape index (κ1) is 20.6. The first-order valence-corrected chi connectivity index (χ1v) is 12.5. The van der Waals surface area contributed by atoms with Gasteiger partial charge in [-0.15, -0.1) is 16.4 Å². The van der Waals surface area contributed by atoms with E-state index in [1.54, 1.807) is 19.1 Å². The third-order valence-corrected chi connectivity index (χ3v) is 8.17. The van der Waals surface area contributed by atoms with E-state index >= 15 is 0 Å². The third-order valence-electron chi connectivity index (χ3n) is 5.46. The van der Waals surface area contributed by atoms with Gasteiger partial charge in [0.15, 0.2) is 5.65 Å². The zero-order chi connectivity index (χ0) is 22.5. The summed E-state index contributed by atoms with van der Waals surface area (Å²) in [4.78, 5) is 4.92. The van der Waals surface area contributed by atoms with Gasteiger partial charge in [0.25, 0.3) is 0 Å². The van der Waals surface area contributed by atoms with E-state index in [4.69, 9.17) is 4.98 Å². The predicted octanol–water partition coefficient (Wildman–Crippen LogP) is 4.96. The molecule has 1 atom stereocenters. The molecule has 32 heavy (non-hydrogen) atoms. The molecule has 0 saturated heterocycles. The van der Waals surface area contributed by atoms with Gasteiger partial charge in [0.2, 0.25) is 14.9 Å². The third kappa shape index (κ3) is 3.34. The maximum atomic E-state index is 13.5. The maximum Gasteiger partial charge on any atom is 0.229 e. The van der Waals surface area contributed by atoms with Crippen LogP contribution in [0.15, 0.2) is 69.9 Å². The van der Waals surface area contributed by atoms with Gasteiger partial charge in [-0.25, -0.2) is 13.4 Å². The van der Waals surface area contributed by atoms with Crippen LogP contribution in [-0.4, -0.2) is 28.2 Å². The molecule has 3 aromatic heterocycles. The van der Waals surface area contributed by atoms with Gasteiger partial charge in [-0.1, -0.05) is 47.7 Å². The Kier molecular flexibility index (Phi) is 4.94. The molecule has 0 aliphatic carbocycles.